The predicted octanol–water partition coefficient (Wildman–Crippen LogP) is 4.77. The number of aliphatic carboxylic acids is 1. The van der Waals surface area contributed by atoms with E-state index in [0.29, 0.717) is 28.8 Å². The minimum absolute atomic E-state index is 0.381. The Hall–Kier alpha value is -2.53. The SMILES string of the molecule is CCCC/C(=C\C(=O)O)c1ccc(Oc2ccc(N)cn2)c(Cl)c1. The van der Waals surface area contributed by atoms with Gasteiger partial charge in [-0.3, -0.25) is 0 Å². The standard InChI is InChI=1S/C18H19ClN2O3/c1-2-3-4-12(10-18(22)23)13-5-7-16(15(19)9-13)24-17-8-6-14(20)11-21-17/h5-11H,2-4,20H2,1H3,(H,22,23)/b12-10+. The van der Waals surface area contributed by atoms with Gasteiger partial charge in [0.25, 0.3) is 0 Å². The summed E-state index contributed by atoms with van der Waals surface area (Å²) in [6.07, 6.45) is 5.29. The molecule has 5 nitrogen and oxygen atoms in total. The van der Waals surface area contributed by atoms with Crippen LogP contribution in [0.2, 0.25) is 5.02 Å². The number of unbranched alkanes of at least 4 members (excludes halogenated alkanes) is 1. The highest BCUT2D eigenvalue weighted by Crippen LogP contribution is 2.32. The number of carboxylic acids is 1. The van der Waals surface area contributed by atoms with Crippen LogP contribution in [0.15, 0.2) is 42.6 Å². The zero-order chi connectivity index (χ0) is 17.5. The number of halogens is 1. The summed E-state index contributed by atoms with van der Waals surface area (Å²) in [4.78, 5) is 15.1. The number of rotatable bonds is 7. The fourth-order valence-electron chi connectivity index (χ4n) is 2.16. The molecule has 0 spiro atoms. The summed E-state index contributed by atoms with van der Waals surface area (Å²) in [5.41, 5.74) is 7.64. The van der Waals surface area contributed by atoms with Gasteiger partial charge < -0.3 is 15.6 Å². The third-order valence-electron chi connectivity index (χ3n) is 3.37. The van der Waals surface area contributed by atoms with E-state index >= 15 is 0 Å². The highest BCUT2D eigenvalue weighted by atomic mass is 35.5. The second-order valence-electron chi connectivity index (χ2n) is 5.29. The number of aromatic nitrogens is 1. The Labute approximate surface area is 145 Å². The molecule has 0 aliphatic carbocycles. The summed E-state index contributed by atoms with van der Waals surface area (Å²) < 4.78 is 5.63. The van der Waals surface area contributed by atoms with Crippen molar-refractivity contribution in [2.45, 2.75) is 26.2 Å². The molecule has 0 aliphatic rings. The molecular formula is C18H19ClN2O3. The molecular weight excluding hydrogens is 328 g/mol. The summed E-state index contributed by atoms with van der Waals surface area (Å²) in [5, 5.41) is 9.42. The number of pyridine rings is 1. The van der Waals surface area contributed by atoms with Crippen molar-refractivity contribution in [2.75, 3.05) is 5.73 Å². The van der Waals surface area contributed by atoms with Crippen LogP contribution in [0.1, 0.15) is 31.7 Å². The van der Waals surface area contributed by atoms with Crippen molar-refractivity contribution in [1.29, 1.82) is 0 Å². The molecule has 0 saturated carbocycles. The average molecular weight is 347 g/mol. The van der Waals surface area contributed by atoms with Crippen LogP contribution >= 0.6 is 11.6 Å². The lowest BCUT2D eigenvalue weighted by atomic mass is 10.00. The van der Waals surface area contributed by atoms with Gasteiger partial charge in [-0.2, -0.15) is 0 Å². The largest absolute Gasteiger partial charge is 0.478 e. The fraction of sp³-hybridized carbons (Fsp3) is 0.222. The first kappa shape index (κ1) is 17.8. The zero-order valence-corrected chi connectivity index (χ0v) is 14.1. The Bertz CT molecular complexity index is 742. The van der Waals surface area contributed by atoms with E-state index in [2.05, 4.69) is 11.9 Å². The smallest absolute Gasteiger partial charge is 0.328 e. The Kier molecular flexibility index (Phi) is 6.21. The van der Waals surface area contributed by atoms with Crippen LogP contribution in [0, 0.1) is 0 Å². The third kappa shape index (κ3) is 4.99. The monoisotopic (exact) mass is 346 g/mol. The number of benzene rings is 1. The topological polar surface area (TPSA) is 85.4 Å². The first-order valence-electron chi connectivity index (χ1n) is 7.62. The van der Waals surface area contributed by atoms with E-state index in [4.69, 9.17) is 27.2 Å². The van der Waals surface area contributed by atoms with Crippen molar-refractivity contribution in [2.24, 2.45) is 0 Å². The minimum atomic E-state index is -0.969. The highest BCUT2D eigenvalue weighted by molar-refractivity contribution is 6.32. The number of hydrogen-bond donors (Lipinski definition) is 2. The third-order valence-corrected chi connectivity index (χ3v) is 3.67. The van der Waals surface area contributed by atoms with Crippen LogP contribution in [0.4, 0.5) is 5.69 Å². The van der Waals surface area contributed by atoms with Gasteiger partial charge in [0.15, 0.2) is 0 Å². The van der Waals surface area contributed by atoms with E-state index in [1.165, 1.54) is 12.3 Å². The fourth-order valence-corrected chi connectivity index (χ4v) is 2.38. The van der Waals surface area contributed by atoms with Gasteiger partial charge in [-0.15, -0.1) is 0 Å². The first-order chi connectivity index (χ1) is 11.5. The normalized spacial score (nSPS) is 11.3. The van der Waals surface area contributed by atoms with Crippen molar-refractivity contribution < 1.29 is 14.6 Å². The molecule has 0 atom stereocenters. The Balaban J connectivity index is 2.23. The van der Waals surface area contributed by atoms with E-state index < -0.39 is 5.97 Å². The lowest BCUT2D eigenvalue weighted by Crippen LogP contribution is -1.95. The van der Waals surface area contributed by atoms with E-state index in [0.717, 1.165) is 24.0 Å². The number of anilines is 1. The molecule has 1 aromatic heterocycles. The maximum Gasteiger partial charge on any atom is 0.328 e. The molecule has 0 bridgehead atoms. The van der Waals surface area contributed by atoms with Gasteiger partial charge in [0.1, 0.15) is 5.75 Å². The Morgan fingerprint density at radius 3 is 2.75 bits per heavy atom. The molecule has 0 radical (unpaired) electrons. The number of nitrogen functional groups attached to an aromatic ring is 1. The lowest BCUT2D eigenvalue weighted by Gasteiger charge is -2.11. The van der Waals surface area contributed by atoms with Gasteiger partial charge in [0, 0.05) is 12.1 Å². The van der Waals surface area contributed by atoms with Crippen LogP contribution in [0.3, 0.4) is 0 Å². The van der Waals surface area contributed by atoms with Crippen molar-refractivity contribution in [3.63, 3.8) is 0 Å². The summed E-state index contributed by atoms with van der Waals surface area (Å²) in [5.74, 6) is -0.141. The second-order valence-corrected chi connectivity index (χ2v) is 5.70. The Morgan fingerprint density at radius 1 is 1.38 bits per heavy atom. The molecule has 3 N–H and O–H groups in total. The predicted molar refractivity (Wildman–Crippen MR) is 95.3 cm³/mol. The molecule has 0 unspecified atom stereocenters. The second kappa shape index (κ2) is 8.36. The van der Waals surface area contributed by atoms with E-state index in [1.54, 1.807) is 30.3 Å². The maximum absolute atomic E-state index is 11.0. The van der Waals surface area contributed by atoms with E-state index in [9.17, 15) is 4.79 Å². The quantitative estimate of drug-likeness (QED) is 0.705. The van der Waals surface area contributed by atoms with Gasteiger partial charge in [0.05, 0.1) is 16.9 Å². The van der Waals surface area contributed by atoms with Crippen molar-refractivity contribution >= 4 is 28.8 Å². The van der Waals surface area contributed by atoms with Gasteiger partial charge in [-0.25, -0.2) is 9.78 Å². The molecule has 0 fully saturated rings. The highest BCUT2D eigenvalue weighted by Gasteiger charge is 2.09. The minimum Gasteiger partial charge on any atom is -0.478 e. The number of allylic oxidation sites excluding steroid dienone is 1. The molecule has 2 aromatic rings. The molecule has 1 heterocycles. The number of ether oxygens (including phenoxy) is 1. The summed E-state index contributed by atoms with van der Waals surface area (Å²) in [7, 11) is 0. The number of nitrogens with zero attached hydrogens (tertiary/aromatic N) is 1. The summed E-state index contributed by atoms with van der Waals surface area (Å²) in [6.45, 7) is 2.06. The Morgan fingerprint density at radius 2 is 2.17 bits per heavy atom. The molecule has 1 aromatic carbocycles. The molecule has 126 valence electrons. The van der Waals surface area contributed by atoms with Crippen LogP contribution < -0.4 is 10.5 Å². The van der Waals surface area contributed by atoms with Crippen LogP contribution in [-0.2, 0) is 4.79 Å². The van der Waals surface area contributed by atoms with Gasteiger partial charge in [-0.1, -0.05) is 31.0 Å². The first-order valence-corrected chi connectivity index (χ1v) is 8.00. The molecule has 6 heteroatoms. The van der Waals surface area contributed by atoms with Crippen molar-refractivity contribution in [3.8, 4) is 11.6 Å². The number of carboxylic acid groups (broad SMARTS) is 1. The van der Waals surface area contributed by atoms with Gasteiger partial charge >= 0.3 is 5.97 Å². The van der Waals surface area contributed by atoms with Crippen molar-refractivity contribution in [1.82, 2.24) is 4.98 Å². The van der Waals surface area contributed by atoms with Gasteiger partial charge in [-0.05, 0) is 42.2 Å². The zero-order valence-electron chi connectivity index (χ0n) is 13.3. The van der Waals surface area contributed by atoms with Crippen LogP contribution in [0.5, 0.6) is 11.6 Å². The van der Waals surface area contributed by atoms with Crippen molar-refractivity contribution in [3.05, 3.63) is 53.2 Å². The average Bonchev–Trinajstić information content (AvgIpc) is 2.55. The molecule has 0 saturated heterocycles. The number of nitrogens with two attached hydrogens (primary N) is 1. The van der Waals surface area contributed by atoms with Crippen LogP contribution in [0.25, 0.3) is 5.57 Å². The van der Waals surface area contributed by atoms with Gasteiger partial charge in [0.2, 0.25) is 5.88 Å². The summed E-state index contributed by atoms with van der Waals surface area (Å²) >= 11 is 6.27. The maximum atomic E-state index is 11.0. The van der Waals surface area contributed by atoms with E-state index in [-0.39, 0.29) is 0 Å². The lowest BCUT2D eigenvalue weighted by molar-refractivity contribution is -0.131. The van der Waals surface area contributed by atoms with Crippen LogP contribution in [-0.4, -0.2) is 16.1 Å². The molecule has 2 rings (SSSR count). The molecule has 0 aliphatic heterocycles. The molecule has 0 amide bonds. The molecule has 24 heavy (non-hydrogen) atoms. The number of carbonyl (C=O) groups is 1. The summed E-state index contributed by atoms with van der Waals surface area (Å²) in [6, 6.07) is 8.54. The number of hydrogen-bond acceptors (Lipinski definition) is 4. The van der Waals surface area contributed by atoms with E-state index in [1.807, 2.05) is 0 Å².